The van der Waals surface area contributed by atoms with Crippen LogP contribution in [0.4, 0.5) is 0 Å². The van der Waals surface area contributed by atoms with E-state index in [2.05, 4.69) is 37.9 Å². The van der Waals surface area contributed by atoms with E-state index < -0.39 is 5.54 Å². The third kappa shape index (κ3) is 6.71. The first-order valence-corrected chi connectivity index (χ1v) is 7.98. The topological polar surface area (TPSA) is 41.6 Å². The molecule has 0 amide bonds. The van der Waals surface area contributed by atoms with Crippen LogP contribution in [0.25, 0.3) is 0 Å². The van der Waals surface area contributed by atoms with Gasteiger partial charge in [0.1, 0.15) is 5.54 Å². The van der Waals surface area contributed by atoms with Crippen LogP contribution in [-0.2, 0) is 9.53 Å². The summed E-state index contributed by atoms with van der Waals surface area (Å²) < 4.78 is 4.94. The molecule has 4 heteroatoms. The maximum Gasteiger partial charge on any atom is 0.325 e. The van der Waals surface area contributed by atoms with E-state index in [9.17, 15) is 4.79 Å². The normalized spacial score (nSPS) is 14.6. The molecule has 0 aliphatic carbocycles. The maximum atomic E-state index is 11.9. The largest absolute Gasteiger partial charge is 0.468 e. The number of hydrogen-bond donors (Lipinski definition) is 1. The molecule has 1 atom stereocenters. The highest BCUT2D eigenvalue weighted by molar-refractivity contribution is 5.80. The highest BCUT2D eigenvalue weighted by Gasteiger charge is 2.32. The van der Waals surface area contributed by atoms with E-state index in [1.165, 1.54) is 7.11 Å². The Morgan fingerprint density at radius 2 is 1.95 bits per heavy atom. The van der Waals surface area contributed by atoms with Crippen molar-refractivity contribution in [2.45, 2.75) is 71.9 Å². The lowest BCUT2D eigenvalue weighted by Crippen LogP contribution is -2.50. The molecule has 1 unspecified atom stereocenters. The molecule has 0 rings (SSSR count). The molecular formula is C16H34N2O2. The van der Waals surface area contributed by atoms with E-state index >= 15 is 0 Å². The summed E-state index contributed by atoms with van der Waals surface area (Å²) in [6.07, 6.45) is 4.00. The van der Waals surface area contributed by atoms with E-state index in [1.807, 2.05) is 6.92 Å². The molecule has 0 spiro atoms. The van der Waals surface area contributed by atoms with Gasteiger partial charge in [-0.2, -0.15) is 0 Å². The first-order valence-electron chi connectivity index (χ1n) is 7.98. The fourth-order valence-corrected chi connectivity index (χ4v) is 2.46. The van der Waals surface area contributed by atoms with Crippen LogP contribution >= 0.6 is 0 Å². The molecule has 0 saturated carbocycles. The average Bonchev–Trinajstić information content (AvgIpc) is 2.43. The van der Waals surface area contributed by atoms with E-state index in [4.69, 9.17) is 4.74 Å². The van der Waals surface area contributed by atoms with Crippen molar-refractivity contribution in [3.05, 3.63) is 0 Å². The number of rotatable bonds is 11. The van der Waals surface area contributed by atoms with Crippen LogP contribution in [0.1, 0.15) is 60.3 Å². The van der Waals surface area contributed by atoms with E-state index in [1.54, 1.807) is 0 Å². The Bertz CT molecular complexity index is 269. The summed E-state index contributed by atoms with van der Waals surface area (Å²) in [4.78, 5) is 14.4. The van der Waals surface area contributed by atoms with Crippen molar-refractivity contribution in [3.8, 4) is 0 Å². The van der Waals surface area contributed by atoms with Crippen molar-refractivity contribution < 1.29 is 9.53 Å². The minimum atomic E-state index is -0.542. The first-order chi connectivity index (χ1) is 9.41. The summed E-state index contributed by atoms with van der Waals surface area (Å²) in [5, 5.41) is 3.33. The van der Waals surface area contributed by atoms with Gasteiger partial charge in [-0.3, -0.25) is 4.79 Å². The van der Waals surface area contributed by atoms with Crippen molar-refractivity contribution in [3.63, 3.8) is 0 Å². The number of methoxy groups -OCH3 is 1. The number of carbonyl (C=O) groups excluding carboxylic acids is 1. The van der Waals surface area contributed by atoms with E-state index in [0.29, 0.717) is 6.04 Å². The quantitative estimate of drug-likeness (QED) is 0.468. The lowest BCUT2D eigenvalue weighted by atomic mass is 9.94. The number of esters is 1. The Balaban J connectivity index is 4.23. The smallest absolute Gasteiger partial charge is 0.325 e. The molecule has 20 heavy (non-hydrogen) atoms. The molecule has 0 bridgehead atoms. The van der Waals surface area contributed by atoms with Crippen LogP contribution < -0.4 is 5.32 Å². The van der Waals surface area contributed by atoms with Gasteiger partial charge in [-0.25, -0.2) is 0 Å². The van der Waals surface area contributed by atoms with Crippen LogP contribution in [0.2, 0.25) is 0 Å². The molecule has 0 aliphatic rings. The molecular weight excluding hydrogens is 252 g/mol. The van der Waals surface area contributed by atoms with Crippen LogP contribution in [0.3, 0.4) is 0 Å². The van der Waals surface area contributed by atoms with Crippen molar-refractivity contribution in [1.82, 2.24) is 10.2 Å². The van der Waals surface area contributed by atoms with Gasteiger partial charge in [-0.15, -0.1) is 0 Å². The van der Waals surface area contributed by atoms with Crippen molar-refractivity contribution >= 4 is 5.97 Å². The fourth-order valence-electron chi connectivity index (χ4n) is 2.46. The Morgan fingerprint density at radius 1 is 1.30 bits per heavy atom. The second-order valence-corrected chi connectivity index (χ2v) is 5.93. The van der Waals surface area contributed by atoms with Crippen molar-refractivity contribution in [2.75, 3.05) is 26.7 Å². The van der Waals surface area contributed by atoms with Gasteiger partial charge in [0.05, 0.1) is 7.11 Å². The molecule has 1 N–H and O–H groups in total. The molecule has 120 valence electrons. The summed E-state index contributed by atoms with van der Waals surface area (Å²) in [6.45, 7) is 13.7. The zero-order valence-electron chi connectivity index (χ0n) is 14.3. The Hall–Kier alpha value is -0.610. The Labute approximate surface area is 125 Å². The summed E-state index contributed by atoms with van der Waals surface area (Å²) in [6, 6.07) is 0.588. The summed E-state index contributed by atoms with van der Waals surface area (Å²) >= 11 is 0. The van der Waals surface area contributed by atoms with Gasteiger partial charge >= 0.3 is 5.97 Å². The molecule has 0 aromatic carbocycles. The van der Waals surface area contributed by atoms with Gasteiger partial charge in [0.2, 0.25) is 0 Å². The predicted octanol–water partition coefficient (Wildman–Crippen LogP) is 2.82. The monoisotopic (exact) mass is 286 g/mol. The Kier molecular flexibility index (Phi) is 9.86. The summed E-state index contributed by atoms with van der Waals surface area (Å²) in [5.41, 5.74) is -0.542. The zero-order chi connectivity index (χ0) is 15.6. The lowest BCUT2D eigenvalue weighted by molar-refractivity contribution is -0.148. The van der Waals surface area contributed by atoms with Gasteiger partial charge < -0.3 is 15.0 Å². The van der Waals surface area contributed by atoms with Crippen LogP contribution in [0.15, 0.2) is 0 Å². The lowest BCUT2D eigenvalue weighted by Gasteiger charge is -2.29. The molecule has 0 aromatic heterocycles. The van der Waals surface area contributed by atoms with Gasteiger partial charge in [-0.05, 0) is 66.1 Å². The van der Waals surface area contributed by atoms with Crippen LogP contribution in [-0.4, -0.2) is 49.2 Å². The molecule has 0 aromatic rings. The second-order valence-electron chi connectivity index (χ2n) is 5.93. The maximum absolute atomic E-state index is 11.9. The molecule has 0 fully saturated rings. The van der Waals surface area contributed by atoms with Gasteiger partial charge in [-0.1, -0.05) is 13.8 Å². The molecule has 0 radical (unpaired) electrons. The number of unbranched alkanes of at least 4 members (excludes halogenated alkanes) is 1. The third-order valence-corrected chi connectivity index (χ3v) is 3.91. The average molecular weight is 286 g/mol. The standard InChI is InChI=1S/C16H34N2O2/c1-7-12-17-16(5,15(19)20-6)11-9-10-13-18(8-2)14(3)4/h14,17H,7-13H2,1-6H3. The molecule has 0 saturated heterocycles. The molecule has 0 aliphatic heterocycles. The van der Waals surface area contributed by atoms with E-state index in [-0.39, 0.29) is 5.97 Å². The van der Waals surface area contributed by atoms with Gasteiger partial charge in [0, 0.05) is 6.04 Å². The number of carbonyl (C=O) groups is 1. The fraction of sp³-hybridized carbons (Fsp3) is 0.938. The number of nitrogens with zero attached hydrogens (tertiary/aromatic N) is 1. The third-order valence-electron chi connectivity index (χ3n) is 3.91. The van der Waals surface area contributed by atoms with Gasteiger partial charge in [0.15, 0.2) is 0 Å². The number of ether oxygens (including phenoxy) is 1. The SMILES string of the molecule is CCCNC(C)(CCCCN(CC)C(C)C)C(=O)OC. The minimum absolute atomic E-state index is 0.151. The molecule has 0 heterocycles. The van der Waals surface area contributed by atoms with Crippen molar-refractivity contribution in [2.24, 2.45) is 0 Å². The number of hydrogen-bond acceptors (Lipinski definition) is 4. The highest BCUT2D eigenvalue weighted by atomic mass is 16.5. The van der Waals surface area contributed by atoms with E-state index in [0.717, 1.165) is 45.3 Å². The van der Waals surface area contributed by atoms with Crippen LogP contribution in [0.5, 0.6) is 0 Å². The van der Waals surface area contributed by atoms with Crippen molar-refractivity contribution in [1.29, 1.82) is 0 Å². The minimum Gasteiger partial charge on any atom is -0.468 e. The summed E-state index contributed by atoms with van der Waals surface area (Å²) in [7, 11) is 1.46. The second kappa shape index (κ2) is 10.2. The number of nitrogens with one attached hydrogen (secondary N) is 1. The zero-order valence-corrected chi connectivity index (χ0v) is 14.3. The highest BCUT2D eigenvalue weighted by Crippen LogP contribution is 2.16. The first kappa shape index (κ1) is 19.4. The predicted molar refractivity (Wildman–Crippen MR) is 84.9 cm³/mol. The van der Waals surface area contributed by atoms with Gasteiger partial charge in [0.25, 0.3) is 0 Å². The van der Waals surface area contributed by atoms with Crippen LogP contribution in [0, 0.1) is 0 Å². The Morgan fingerprint density at radius 3 is 2.40 bits per heavy atom. The molecule has 4 nitrogen and oxygen atoms in total. The summed E-state index contributed by atoms with van der Waals surface area (Å²) in [5.74, 6) is -0.151.